The van der Waals surface area contributed by atoms with Crippen LogP contribution in [0.1, 0.15) is 69.2 Å². The normalized spacial score (nSPS) is 26.7. The fourth-order valence-electron chi connectivity index (χ4n) is 6.64. The van der Waals surface area contributed by atoms with E-state index in [4.69, 9.17) is 14.2 Å². The Morgan fingerprint density at radius 3 is 2.29 bits per heavy atom. The van der Waals surface area contributed by atoms with Gasteiger partial charge in [0.1, 0.15) is 11.8 Å². The van der Waals surface area contributed by atoms with Gasteiger partial charge in [0.25, 0.3) is 0 Å². The quantitative estimate of drug-likeness (QED) is 0.377. The maximum atomic E-state index is 14.3. The predicted octanol–water partition coefficient (Wildman–Crippen LogP) is 6.50. The number of benzene rings is 2. The van der Waals surface area contributed by atoms with Crippen molar-refractivity contribution in [2.24, 2.45) is 17.3 Å². The molecule has 230 valence electrons. The molecule has 7 nitrogen and oxygen atoms in total. The lowest BCUT2D eigenvalue weighted by molar-refractivity contribution is -0.155. The zero-order chi connectivity index (χ0) is 30.8. The van der Waals surface area contributed by atoms with Gasteiger partial charge in [-0.25, -0.2) is 4.79 Å². The van der Waals surface area contributed by atoms with Crippen LogP contribution < -0.4 is 4.74 Å². The van der Waals surface area contributed by atoms with Gasteiger partial charge in [0, 0.05) is 24.5 Å². The Morgan fingerprint density at radius 2 is 1.71 bits per heavy atom. The van der Waals surface area contributed by atoms with Gasteiger partial charge in [0.15, 0.2) is 0 Å². The van der Waals surface area contributed by atoms with Gasteiger partial charge in [-0.05, 0) is 48.4 Å². The monoisotopic (exact) mass is 591 g/mol. The van der Waals surface area contributed by atoms with Gasteiger partial charge in [-0.3, -0.25) is 4.79 Å². The van der Waals surface area contributed by atoms with Crippen LogP contribution in [0.2, 0.25) is 0 Å². The first-order valence-corrected chi connectivity index (χ1v) is 14.3. The SMILES string of the molecule is COc1ccc(C(F)(F)F)cc1CO[C@H]1[C@H](C(C)(C)C)[C@@H](C(=O)O)N(C(=O)[C@@H]2CCC[C@@H](OC)C2)[C@H]1c1ccccc1. The van der Waals surface area contributed by atoms with E-state index in [9.17, 15) is 27.9 Å². The summed E-state index contributed by atoms with van der Waals surface area (Å²) in [6.45, 7) is 5.42. The molecule has 2 aliphatic rings. The Labute approximate surface area is 244 Å². The van der Waals surface area contributed by atoms with Crippen LogP contribution in [-0.4, -0.2) is 54.4 Å². The number of carbonyl (C=O) groups excluding carboxylic acids is 1. The zero-order valence-corrected chi connectivity index (χ0v) is 24.7. The molecule has 0 aromatic heterocycles. The number of hydrogen-bond donors (Lipinski definition) is 1. The highest BCUT2D eigenvalue weighted by atomic mass is 19.4. The van der Waals surface area contributed by atoms with Crippen molar-refractivity contribution < 1.29 is 42.1 Å². The molecule has 1 heterocycles. The first-order chi connectivity index (χ1) is 19.8. The number of rotatable bonds is 8. The minimum atomic E-state index is -4.56. The number of carbonyl (C=O) groups is 2. The molecule has 0 unspecified atom stereocenters. The predicted molar refractivity (Wildman–Crippen MR) is 150 cm³/mol. The number of likely N-dealkylation sites (tertiary alicyclic amines) is 1. The molecule has 0 radical (unpaired) electrons. The minimum Gasteiger partial charge on any atom is -0.496 e. The lowest BCUT2D eigenvalue weighted by Crippen LogP contribution is -2.49. The summed E-state index contributed by atoms with van der Waals surface area (Å²) < 4.78 is 58.0. The van der Waals surface area contributed by atoms with Crippen LogP contribution in [0.5, 0.6) is 5.75 Å². The summed E-state index contributed by atoms with van der Waals surface area (Å²) in [6.07, 6.45) is -2.75. The Balaban J connectivity index is 1.81. The standard InChI is InChI=1S/C32H40F3NO6/c1-31(2,3)25-27(30(38)39)36(29(37)20-12-9-13-23(17-20)40-4)26(19-10-7-6-8-11-19)28(25)42-18-21-16-22(32(33,34)35)14-15-24(21)41-5/h6-8,10-11,14-16,20,23,25-28H,9,12-13,17-18H2,1-5H3,(H,38,39)/t20-,23-,25-,26+,27+,28+/m1/s1. The second-order valence-electron chi connectivity index (χ2n) is 12.3. The van der Waals surface area contributed by atoms with Crippen LogP contribution in [0.25, 0.3) is 0 Å². The molecule has 2 fully saturated rings. The molecule has 42 heavy (non-hydrogen) atoms. The van der Waals surface area contributed by atoms with E-state index in [-0.39, 0.29) is 29.9 Å². The van der Waals surface area contributed by atoms with Crippen LogP contribution in [0, 0.1) is 17.3 Å². The van der Waals surface area contributed by atoms with Gasteiger partial charge in [0.05, 0.1) is 37.5 Å². The molecule has 10 heteroatoms. The number of carboxylic acids is 1. The fourth-order valence-corrected chi connectivity index (χ4v) is 6.64. The number of amides is 1. The summed E-state index contributed by atoms with van der Waals surface area (Å²) >= 11 is 0. The molecule has 4 rings (SSSR count). The van der Waals surface area contributed by atoms with Crippen molar-refractivity contribution >= 4 is 11.9 Å². The number of halogens is 3. The van der Waals surface area contributed by atoms with Gasteiger partial charge < -0.3 is 24.2 Å². The molecule has 6 atom stereocenters. The van der Waals surface area contributed by atoms with Crippen molar-refractivity contribution in [3.05, 3.63) is 65.2 Å². The molecular formula is C32H40F3NO6. The van der Waals surface area contributed by atoms with Crippen molar-refractivity contribution in [3.8, 4) is 5.75 Å². The van der Waals surface area contributed by atoms with E-state index in [0.29, 0.717) is 18.4 Å². The molecule has 0 spiro atoms. The van der Waals surface area contributed by atoms with Crippen LogP contribution in [0.15, 0.2) is 48.5 Å². The van der Waals surface area contributed by atoms with Gasteiger partial charge >= 0.3 is 12.1 Å². The average Bonchev–Trinajstić information content (AvgIpc) is 3.31. The first-order valence-electron chi connectivity index (χ1n) is 14.3. The molecule has 2 aromatic carbocycles. The number of methoxy groups -OCH3 is 2. The summed E-state index contributed by atoms with van der Waals surface area (Å²) in [5.74, 6) is -2.29. The number of ether oxygens (including phenoxy) is 3. The molecule has 2 aromatic rings. The highest BCUT2D eigenvalue weighted by Gasteiger charge is 2.59. The summed E-state index contributed by atoms with van der Waals surface area (Å²) in [5, 5.41) is 10.6. The third-order valence-electron chi connectivity index (χ3n) is 8.60. The van der Waals surface area contributed by atoms with Gasteiger partial charge in [-0.1, -0.05) is 57.5 Å². The summed E-state index contributed by atoms with van der Waals surface area (Å²) in [4.78, 5) is 28.8. The number of nitrogens with zero attached hydrogens (tertiary/aromatic N) is 1. The highest BCUT2D eigenvalue weighted by molar-refractivity contribution is 5.87. The summed E-state index contributed by atoms with van der Waals surface area (Å²) in [6, 6.07) is 10.3. The maximum Gasteiger partial charge on any atom is 0.416 e. The smallest absolute Gasteiger partial charge is 0.416 e. The lowest BCUT2D eigenvalue weighted by atomic mass is 9.73. The van der Waals surface area contributed by atoms with E-state index < -0.39 is 53.1 Å². The lowest BCUT2D eigenvalue weighted by Gasteiger charge is -2.36. The third-order valence-corrected chi connectivity index (χ3v) is 8.60. The Kier molecular flexibility index (Phi) is 9.57. The number of hydrogen-bond acceptors (Lipinski definition) is 5. The molecule has 0 bridgehead atoms. The van der Waals surface area contributed by atoms with Crippen molar-refractivity contribution in [1.29, 1.82) is 0 Å². The Hall–Kier alpha value is -3.11. The van der Waals surface area contributed by atoms with Crippen molar-refractivity contribution in [1.82, 2.24) is 4.90 Å². The second kappa shape index (κ2) is 12.6. The van der Waals surface area contributed by atoms with Gasteiger partial charge in [-0.15, -0.1) is 0 Å². The van der Waals surface area contributed by atoms with E-state index in [2.05, 4.69) is 0 Å². The number of alkyl halides is 3. The topological polar surface area (TPSA) is 85.3 Å². The zero-order valence-electron chi connectivity index (χ0n) is 24.7. The number of carboxylic acid groups (broad SMARTS) is 1. The molecule has 1 aliphatic heterocycles. The Bertz CT molecular complexity index is 1250. The van der Waals surface area contributed by atoms with Gasteiger partial charge in [0.2, 0.25) is 5.91 Å². The molecule has 1 saturated heterocycles. The van der Waals surface area contributed by atoms with Crippen molar-refractivity contribution in [3.63, 3.8) is 0 Å². The Morgan fingerprint density at radius 1 is 1.02 bits per heavy atom. The van der Waals surface area contributed by atoms with E-state index in [1.807, 2.05) is 51.1 Å². The second-order valence-corrected chi connectivity index (χ2v) is 12.3. The van der Waals surface area contributed by atoms with Crippen molar-refractivity contribution in [2.75, 3.05) is 14.2 Å². The summed E-state index contributed by atoms with van der Waals surface area (Å²) in [5.41, 5.74) is -0.608. The van der Waals surface area contributed by atoms with Gasteiger partial charge in [-0.2, -0.15) is 13.2 Å². The molecule has 1 saturated carbocycles. The van der Waals surface area contributed by atoms with Crippen LogP contribution in [-0.2, 0) is 31.8 Å². The van der Waals surface area contributed by atoms with Crippen LogP contribution in [0.4, 0.5) is 13.2 Å². The van der Waals surface area contributed by atoms with E-state index in [1.165, 1.54) is 18.1 Å². The molecular weight excluding hydrogens is 551 g/mol. The van der Waals surface area contributed by atoms with Crippen molar-refractivity contribution in [2.45, 2.75) is 83.5 Å². The largest absolute Gasteiger partial charge is 0.496 e. The maximum absolute atomic E-state index is 14.3. The molecule has 1 amide bonds. The first kappa shape index (κ1) is 31.8. The highest BCUT2D eigenvalue weighted by Crippen LogP contribution is 2.51. The van der Waals surface area contributed by atoms with Crippen LogP contribution in [0.3, 0.4) is 0 Å². The average molecular weight is 592 g/mol. The third kappa shape index (κ3) is 6.59. The van der Waals surface area contributed by atoms with Crippen LogP contribution >= 0.6 is 0 Å². The van der Waals surface area contributed by atoms with E-state index >= 15 is 0 Å². The molecule has 1 N–H and O–H groups in total. The fraction of sp³-hybridized carbons (Fsp3) is 0.562. The number of aliphatic carboxylic acids is 1. The minimum absolute atomic E-state index is 0.0902. The summed E-state index contributed by atoms with van der Waals surface area (Å²) in [7, 11) is 2.98. The molecule has 1 aliphatic carbocycles. The van der Waals surface area contributed by atoms with E-state index in [1.54, 1.807) is 7.11 Å². The van der Waals surface area contributed by atoms with E-state index in [0.717, 1.165) is 25.0 Å².